The molecule has 2 aromatic rings. The Hall–Kier alpha value is -1.72. The summed E-state index contributed by atoms with van der Waals surface area (Å²) in [7, 11) is 0. The van der Waals surface area contributed by atoms with Gasteiger partial charge in [-0.2, -0.15) is 13.2 Å². The lowest BCUT2D eigenvalue weighted by atomic mass is 9.75. The molecule has 1 amide bonds. The molecular formula is C18H14Cl2F3NO. The van der Waals surface area contributed by atoms with Crippen LogP contribution in [0, 0.1) is 0 Å². The van der Waals surface area contributed by atoms with Crippen molar-refractivity contribution in [3.8, 4) is 0 Å². The van der Waals surface area contributed by atoms with E-state index < -0.39 is 17.6 Å². The zero-order valence-corrected chi connectivity index (χ0v) is 14.4. The van der Waals surface area contributed by atoms with Crippen molar-refractivity contribution in [2.45, 2.75) is 31.0 Å². The average molecular weight is 388 g/mol. The monoisotopic (exact) mass is 387 g/mol. The van der Waals surface area contributed by atoms with Crippen molar-refractivity contribution >= 4 is 29.1 Å². The van der Waals surface area contributed by atoms with Gasteiger partial charge in [0, 0.05) is 22.0 Å². The second-order valence-corrected chi connectivity index (χ2v) is 6.76. The van der Waals surface area contributed by atoms with Crippen molar-refractivity contribution in [1.82, 2.24) is 5.32 Å². The number of amides is 1. The molecule has 2 atom stereocenters. The van der Waals surface area contributed by atoms with E-state index in [0.29, 0.717) is 16.5 Å². The molecule has 0 radical (unpaired) electrons. The van der Waals surface area contributed by atoms with Crippen molar-refractivity contribution < 1.29 is 18.0 Å². The Kier molecular flexibility index (Phi) is 4.98. The smallest absolute Gasteiger partial charge is 0.349 e. The minimum atomic E-state index is -4.58. The summed E-state index contributed by atoms with van der Waals surface area (Å²) in [6, 6.07) is 9.58. The van der Waals surface area contributed by atoms with Gasteiger partial charge in [-0.3, -0.25) is 4.79 Å². The summed E-state index contributed by atoms with van der Waals surface area (Å²) in [5.74, 6) is -0.853. The van der Waals surface area contributed by atoms with Crippen molar-refractivity contribution in [2.75, 3.05) is 0 Å². The van der Waals surface area contributed by atoms with E-state index in [0.717, 1.165) is 18.1 Å². The van der Waals surface area contributed by atoms with Crippen molar-refractivity contribution in [3.63, 3.8) is 0 Å². The lowest BCUT2D eigenvalue weighted by molar-refractivity contribution is -0.137. The molecule has 132 valence electrons. The first-order valence-electron chi connectivity index (χ1n) is 7.70. The Morgan fingerprint density at radius 3 is 2.20 bits per heavy atom. The fraction of sp³-hybridized carbons (Fsp3) is 0.278. The van der Waals surface area contributed by atoms with E-state index in [1.807, 2.05) is 0 Å². The summed E-state index contributed by atoms with van der Waals surface area (Å²) in [6.45, 7) is 0. The highest BCUT2D eigenvalue weighted by Gasteiger charge is 2.38. The van der Waals surface area contributed by atoms with Crippen molar-refractivity contribution in [1.29, 1.82) is 0 Å². The molecule has 1 aliphatic carbocycles. The highest BCUT2D eigenvalue weighted by atomic mass is 35.5. The Bertz CT molecular complexity index is 787. The second-order valence-electron chi connectivity index (χ2n) is 5.94. The molecule has 0 bridgehead atoms. The molecular weight excluding hydrogens is 374 g/mol. The van der Waals surface area contributed by atoms with E-state index in [4.69, 9.17) is 23.2 Å². The molecule has 2 aromatic carbocycles. The first-order valence-corrected chi connectivity index (χ1v) is 8.45. The van der Waals surface area contributed by atoms with Crippen molar-refractivity contribution in [2.24, 2.45) is 0 Å². The number of rotatable bonds is 3. The molecule has 0 heterocycles. The zero-order valence-electron chi connectivity index (χ0n) is 12.9. The number of hydrogen-bond donors (Lipinski definition) is 1. The number of carbonyl (C=O) groups excluding carboxylic acids is 1. The summed E-state index contributed by atoms with van der Waals surface area (Å²) in [5.41, 5.74) is -0.600. The summed E-state index contributed by atoms with van der Waals surface area (Å²) < 4.78 is 39.2. The van der Waals surface area contributed by atoms with E-state index in [1.54, 1.807) is 18.2 Å². The molecule has 25 heavy (non-hydrogen) atoms. The van der Waals surface area contributed by atoms with Gasteiger partial charge < -0.3 is 5.32 Å². The topological polar surface area (TPSA) is 29.1 Å². The maximum absolute atomic E-state index is 13.1. The highest BCUT2D eigenvalue weighted by molar-refractivity contribution is 6.36. The fourth-order valence-corrected chi connectivity index (χ4v) is 3.74. The average Bonchev–Trinajstić information content (AvgIpc) is 2.54. The molecule has 2 nitrogen and oxygen atoms in total. The van der Waals surface area contributed by atoms with Crippen LogP contribution in [0.1, 0.15) is 40.2 Å². The van der Waals surface area contributed by atoms with Crippen LogP contribution in [0.15, 0.2) is 42.5 Å². The highest BCUT2D eigenvalue weighted by Crippen LogP contribution is 2.43. The van der Waals surface area contributed by atoms with Gasteiger partial charge in [-0.1, -0.05) is 41.4 Å². The van der Waals surface area contributed by atoms with Gasteiger partial charge in [0.2, 0.25) is 0 Å². The van der Waals surface area contributed by atoms with E-state index in [2.05, 4.69) is 5.32 Å². The summed E-state index contributed by atoms with van der Waals surface area (Å²) in [6.07, 6.45) is -3.17. The van der Waals surface area contributed by atoms with E-state index in [-0.39, 0.29) is 17.5 Å². The van der Waals surface area contributed by atoms with Crippen LogP contribution in [0.3, 0.4) is 0 Å². The number of alkyl halides is 3. The second kappa shape index (κ2) is 6.89. The van der Waals surface area contributed by atoms with Crippen LogP contribution in [-0.4, -0.2) is 11.9 Å². The largest absolute Gasteiger partial charge is 0.417 e. The molecule has 7 heteroatoms. The number of nitrogens with one attached hydrogen (secondary N) is 1. The van der Waals surface area contributed by atoms with Gasteiger partial charge in [0.05, 0.1) is 11.1 Å². The normalized spacial score (nSPS) is 20.0. The summed E-state index contributed by atoms with van der Waals surface area (Å²) >= 11 is 12.4. The van der Waals surface area contributed by atoms with Crippen molar-refractivity contribution in [3.05, 3.63) is 69.2 Å². The summed E-state index contributed by atoms with van der Waals surface area (Å²) in [5, 5.41) is 3.68. The number of hydrogen-bond acceptors (Lipinski definition) is 1. The van der Waals surface area contributed by atoms with Crippen LogP contribution < -0.4 is 5.32 Å². The van der Waals surface area contributed by atoms with Gasteiger partial charge in [-0.25, -0.2) is 0 Å². The first kappa shape index (κ1) is 18.1. The fourth-order valence-electron chi connectivity index (χ4n) is 3.06. The van der Waals surface area contributed by atoms with E-state index >= 15 is 0 Å². The third kappa shape index (κ3) is 3.62. The Balaban J connectivity index is 1.81. The molecule has 1 aliphatic rings. The molecule has 0 aromatic heterocycles. The molecule has 0 saturated heterocycles. The quantitative estimate of drug-likeness (QED) is 0.719. The molecule has 2 unspecified atom stereocenters. The minimum Gasteiger partial charge on any atom is -0.349 e. The van der Waals surface area contributed by atoms with Gasteiger partial charge >= 0.3 is 6.18 Å². The zero-order chi connectivity index (χ0) is 18.2. The predicted octanol–water partition coefficient (Wildman–Crippen LogP) is 5.69. The molecule has 0 aliphatic heterocycles. The van der Waals surface area contributed by atoms with Gasteiger partial charge in [0.25, 0.3) is 5.91 Å². The van der Waals surface area contributed by atoms with Gasteiger partial charge in [-0.05, 0) is 42.7 Å². The van der Waals surface area contributed by atoms with Crippen LogP contribution in [0.4, 0.5) is 13.2 Å². The van der Waals surface area contributed by atoms with Gasteiger partial charge in [0.15, 0.2) is 0 Å². The first-order chi connectivity index (χ1) is 11.8. The third-order valence-corrected chi connectivity index (χ3v) is 5.10. The minimum absolute atomic E-state index is 0.108. The Labute approximate surface area is 152 Å². The third-order valence-electron chi connectivity index (χ3n) is 4.44. The van der Waals surface area contributed by atoms with Gasteiger partial charge in [-0.15, -0.1) is 0 Å². The Morgan fingerprint density at radius 2 is 1.64 bits per heavy atom. The lowest BCUT2D eigenvalue weighted by Crippen LogP contribution is -2.46. The molecule has 3 rings (SSSR count). The molecule has 1 N–H and O–H groups in total. The number of halogens is 5. The standard InChI is InChI=1S/C18H14Cl2F3NO/c19-13-6-3-7-14(20)16(13)11-8-9-15(11)24-17(25)10-4-1-2-5-12(10)18(21,22)23/h1-7,11,15H,8-9H2,(H,24,25). The number of carbonyl (C=O) groups is 1. The lowest BCUT2D eigenvalue weighted by Gasteiger charge is -2.38. The summed E-state index contributed by atoms with van der Waals surface area (Å²) in [4.78, 5) is 12.4. The van der Waals surface area contributed by atoms with Crippen LogP contribution >= 0.6 is 23.2 Å². The predicted molar refractivity (Wildman–Crippen MR) is 91.1 cm³/mol. The maximum atomic E-state index is 13.1. The van der Waals surface area contributed by atoms with E-state index in [9.17, 15) is 18.0 Å². The molecule has 1 fully saturated rings. The van der Waals surface area contributed by atoms with Crippen LogP contribution in [-0.2, 0) is 6.18 Å². The molecule has 0 spiro atoms. The SMILES string of the molecule is O=C(NC1CCC1c1c(Cl)cccc1Cl)c1ccccc1C(F)(F)F. The maximum Gasteiger partial charge on any atom is 0.417 e. The van der Waals surface area contributed by atoms with Crippen LogP contribution in [0.25, 0.3) is 0 Å². The van der Waals surface area contributed by atoms with Gasteiger partial charge in [0.1, 0.15) is 0 Å². The molecule has 1 saturated carbocycles. The van der Waals surface area contributed by atoms with E-state index in [1.165, 1.54) is 18.2 Å². The van der Waals surface area contributed by atoms with Crippen LogP contribution in [0.5, 0.6) is 0 Å². The number of benzene rings is 2. The van der Waals surface area contributed by atoms with Crippen LogP contribution in [0.2, 0.25) is 10.0 Å². The Morgan fingerprint density at radius 1 is 1.00 bits per heavy atom.